The van der Waals surface area contributed by atoms with Gasteiger partial charge in [-0.1, -0.05) is 115 Å². The van der Waals surface area contributed by atoms with Crippen LogP contribution < -0.4 is 29.9 Å². The normalized spacial score (nSPS) is 11.6. The molecule has 0 spiro atoms. The van der Waals surface area contributed by atoms with Crippen molar-refractivity contribution in [3.63, 3.8) is 0 Å². The van der Waals surface area contributed by atoms with Crippen LogP contribution in [0.15, 0.2) is 176 Å². The minimum Gasteiger partial charge on any atom is -0.492 e. The van der Waals surface area contributed by atoms with Crippen molar-refractivity contribution in [1.82, 2.24) is 4.98 Å². The highest BCUT2D eigenvalue weighted by Crippen LogP contribution is 2.25. The molecule has 0 fully saturated rings. The van der Waals surface area contributed by atoms with E-state index in [1.165, 1.54) is 7.11 Å². The van der Waals surface area contributed by atoms with Crippen LogP contribution in [-0.4, -0.2) is 93.2 Å². The van der Waals surface area contributed by atoms with Gasteiger partial charge in [-0.2, -0.15) is 0 Å². The number of ether oxygens (including phenoxy) is 3. The number of benzene rings is 6. The third kappa shape index (κ3) is 13.3. The first-order valence-electron chi connectivity index (χ1n) is 22.6. The molecule has 69 heavy (non-hydrogen) atoms. The van der Waals surface area contributed by atoms with Gasteiger partial charge in [-0.05, 0) is 71.8 Å². The average Bonchev–Trinajstić information content (AvgIpc) is 3.39. The Kier molecular flexibility index (Phi) is 16.7. The molecule has 0 unspecified atom stereocenters. The number of carbonyl (C=O) groups excluding carboxylic acids is 3. The third-order valence-electron chi connectivity index (χ3n) is 11.5. The summed E-state index contributed by atoms with van der Waals surface area (Å²) in [5.41, 5.74) is 4.64. The van der Waals surface area contributed by atoms with E-state index >= 15 is 0 Å². The van der Waals surface area contributed by atoms with E-state index in [0.29, 0.717) is 77.9 Å². The summed E-state index contributed by atoms with van der Waals surface area (Å²) in [5, 5.41) is 16.4. The molecule has 13 nitrogen and oxygen atoms in total. The molecule has 13 heteroatoms. The van der Waals surface area contributed by atoms with E-state index in [1.54, 1.807) is 78.9 Å². The molecule has 6 aromatic carbocycles. The predicted octanol–water partition coefficient (Wildman–Crippen LogP) is 8.88. The predicted molar refractivity (Wildman–Crippen MR) is 269 cm³/mol. The van der Waals surface area contributed by atoms with Crippen molar-refractivity contribution in [3.05, 3.63) is 209 Å². The summed E-state index contributed by atoms with van der Waals surface area (Å²) in [5.74, 6) is 1.09. The Morgan fingerprint density at radius 3 is 1.36 bits per heavy atom. The van der Waals surface area contributed by atoms with Crippen molar-refractivity contribution in [1.29, 1.82) is 0 Å². The summed E-state index contributed by atoms with van der Waals surface area (Å²) < 4.78 is 17.3. The average molecular weight is 926 g/mol. The van der Waals surface area contributed by atoms with Crippen LogP contribution in [0.4, 0.5) is 23.0 Å². The number of carboxylic acids is 1. The number of ketones is 2. The SMILES string of the molecule is COC(=O)[C@H](Cc1ccc(OCCN(C)c2cccc(N(C)CCOc3ccc(C[C@H](Nc4ccccc4C(=O)c4ccccc4)C(=O)O)cc3)n2)cc1)Nc1ccccc1C(=O)c1ccccc1. The van der Waals surface area contributed by atoms with Gasteiger partial charge in [-0.25, -0.2) is 14.6 Å². The van der Waals surface area contributed by atoms with Gasteiger partial charge in [0.05, 0.1) is 20.2 Å². The number of likely N-dealkylation sites (N-methyl/N-ethyl adjacent to an activating group) is 2. The molecule has 0 bridgehead atoms. The fourth-order valence-corrected chi connectivity index (χ4v) is 7.60. The van der Waals surface area contributed by atoms with Crippen LogP contribution >= 0.6 is 0 Å². The Hall–Kier alpha value is -8.45. The molecular weight excluding hydrogens is 871 g/mol. The second-order valence-corrected chi connectivity index (χ2v) is 16.3. The number of nitrogens with zero attached hydrogens (tertiary/aromatic N) is 3. The van der Waals surface area contributed by atoms with Crippen molar-refractivity contribution >= 4 is 46.5 Å². The molecule has 0 aliphatic rings. The van der Waals surface area contributed by atoms with Crippen LogP contribution in [0.25, 0.3) is 0 Å². The number of nitrogens with one attached hydrogen (secondary N) is 2. The smallest absolute Gasteiger partial charge is 0.328 e. The molecule has 2 atom stereocenters. The highest BCUT2D eigenvalue weighted by atomic mass is 16.5. The number of carboxylic acid groups (broad SMARTS) is 1. The van der Waals surface area contributed by atoms with Crippen molar-refractivity contribution in [2.45, 2.75) is 24.9 Å². The fourth-order valence-electron chi connectivity index (χ4n) is 7.60. The number of rotatable bonds is 24. The molecule has 1 heterocycles. The monoisotopic (exact) mass is 925 g/mol. The maximum atomic E-state index is 13.3. The third-order valence-corrected chi connectivity index (χ3v) is 11.5. The van der Waals surface area contributed by atoms with Crippen LogP contribution in [0.5, 0.6) is 11.5 Å². The van der Waals surface area contributed by atoms with Gasteiger partial charge in [-0.15, -0.1) is 0 Å². The summed E-state index contributed by atoms with van der Waals surface area (Å²) in [7, 11) is 5.25. The van der Waals surface area contributed by atoms with Gasteiger partial charge in [0.25, 0.3) is 0 Å². The molecule has 0 amide bonds. The minimum absolute atomic E-state index is 0.144. The zero-order chi connectivity index (χ0) is 48.5. The van der Waals surface area contributed by atoms with Gasteiger partial charge in [-0.3, -0.25) is 9.59 Å². The van der Waals surface area contributed by atoms with Gasteiger partial charge in [0.1, 0.15) is 48.4 Å². The first-order valence-corrected chi connectivity index (χ1v) is 22.6. The van der Waals surface area contributed by atoms with Crippen LogP contribution in [0.1, 0.15) is 43.0 Å². The maximum Gasteiger partial charge on any atom is 0.328 e. The van der Waals surface area contributed by atoms with E-state index in [2.05, 4.69) is 10.6 Å². The van der Waals surface area contributed by atoms with E-state index in [1.807, 2.05) is 121 Å². The van der Waals surface area contributed by atoms with Gasteiger partial charge in [0, 0.05) is 60.6 Å². The van der Waals surface area contributed by atoms with Crippen LogP contribution in [0.2, 0.25) is 0 Å². The Balaban J connectivity index is 0.856. The lowest BCUT2D eigenvalue weighted by Gasteiger charge is -2.23. The summed E-state index contributed by atoms with van der Waals surface area (Å²) in [4.78, 5) is 60.7. The number of aliphatic carboxylic acids is 1. The number of aromatic nitrogens is 1. The lowest BCUT2D eigenvalue weighted by atomic mass is 10.00. The van der Waals surface area contributed by atoms with E-state index in [0.717, 1.165) is 22.8 Å². The summed E-state index contributed by atoms with van der Waals surface area (Å²) in [6.45, 7) is 1.92. The second-order valence-electron chi connectivity index (χ2n) is 16.3. The van der Waals surface area contributed by atoms with Crippen molar-refractivity contribution in [2.24, 2.45) is 0 Å². The fraction of sp³-hybridized carbons (Fsp3) is 0.196. The first-order chi connectivity index (χ1) is 33.6. The van der Waals surface area contributed by atoms with Gasteiger partial charge >= 0.3 is 11.9 Å². The van der Waals surface area contributed by atoms with Gasteiger partial charge in [0.2, 0.25) is 0 Å². The summed E-state index contributed by atoms with van der Waals surface area (Å²) >= 11 is 0. The highest BCUT2D eigenvalue weighted by Gasteiger charge is 2.24. The molecule has 1 aromatic heterocycles. The number of methoxy groups -OCH3 is 1. The van der Waals surface area contributed by atoms with E-state index in [-0.39, 0.29) is 18.0 Å². The maximum absolute atomic E-state index is 13.3. The zero-order valence-electron chi connectivity index (χ0n) is 38.8. The Labute approximate surface area is 402 Å². The Morgan fingerprint density at radius 1 is 0.522 bits per heavy atom. The largest absolute Gasteiger partial charge is 0.492 e. The molecule has 352 valence electrons. The number of carbonyl (C=O) groups is 4. The van der Waals surface area contributed by atoms with E-state index in [4.69, 9.17) is 19.2 Å². The number of hydrogen-bond donors (Lipinski definition) is 3. The first kappa shape index (κ1) is 48.5. The Bertz CT molecular complexity index is 2810. The van der Waals surface area contributed by atoms with Crippen molar-refractivity contribution < 1.29 is 38.5 Å². The molecular formula is C56H55N5O8. The van der Waals surface area contributed by atoms with Crippen LogP contribution in [0, 0.1) is 0 Å². The molecule has 3 N–H and O–H groups in total. The topological polar surface area (TPSA) is 160 Å². The number of esters is 1. The van der Waals surface area contributed by atoms with Gasteiger partial charge in [0.15, 0.2) is 11.6 Å². The van der Waals surface area contributed by atoms with Crippen LogP contribution in [-0.2, 0) is 27.2 Å². The zero-order valence-corrected chi connectivity index (χ0v) is 38.8. The molecule has 0 radical (unpaired) electrons. The minimum atomic E-state index is -1.03. The van der Waals surface area contributed by atoms with Crippen LogP contribution in [0.3, 0.4) is 0 Å². The molecule has 0 saturated heterocycles. The molecule has 0 aliphatic heterocycles. The molecule has 0 saturated carbocycles. The molecule has 7 aromatic rings. The van der Waals surface area contributed by atoms with E-state index in [9.17, 15) is 24.3 Å². The van der Waals surface area contributed by atoms with Crippen molar-refractivity contribution in [2.75, 3.05) is 67.9 Å². The summed E-state index contributed by atoms with van der Waals surface area (Å²) in [6.07, 6.45) is 0.520. The standard InChI is InChI=1S/C56H55N5O8/c1-60(33-35-68-43-29-25-39(26-30-43)37-49(55(64)65)57-47-21-12-10-19-45(47)53(62)41-15-6-4-7-16-41)51-23-14-24-52(59-51)61(2)34-36-69-44-31-27-40(28-32-44)38-50(56(66)67-3)58-48-22-13-11-20-46(48)54(63)42-17-8-5-9-18-42/h4-32,49-50,57-58H,33-38H2,1-3H3,(H,64,65)/t49-,50-/m0/s1. The number of para-hydroxylation sites is 2. The lowest BCUT2D eigenvalue weighted by Crippen LogP contribution is -2.33. The van der Waals surface area contributed by atoms with E-state index < -0.39 is 24.0 Å². The highest BCUT2D eigenvalue weighted by molar-refractivity contribution is 6.13. The molecule has 7 rings (SSSR count). The number of hydrogen-bond acceptors (Lipinski definition) is 12. The lowest BCUT2D eigenvalue weighted by molar-refractivity contribution is -0.141. The number of pyridine rings is 1. The van der Waals surface area contributed by atoms with Gasteiger partial charge < -0.3 is 39.8 Å². The number of anilines is 4. The van der Waals surface area contributed by atoms with Crippen molar-refractivity contribution in [3.8, 4) is 11.5 Å². The quantitative estimate of drug-likeness (QED) is 0.0390. The second kappa shape index (κ2) is 23.8. The summed E-state index contributed by atoms with van der Waals surface area (Å²) in [6, 6.07) is 51.0. The Morgan fingerprint density at radius 2 is 0.928 bits per heavy atom. The molecule has 0 aliphatic carbocycles.